The van der Waals surface area contributed by atoms with Crippen LogP contribution in [0, 0.1) is 5.92 Å². The number of rotatable bonds is 4. The molecule has 128 valence electrons. The molecule has 2 atom stereocenters. The summed E-state index contributed by atoms with van der Waals surface area (Å²) in [7, 11) is 0. The second-order valence-electron chi connectivity index (χ2n) is 6.32. The average Bonchev–Trinajstić information content (AvgIpc) is 3.06. The molecular formula is C17H21N3O4. The Morgan fingerprint density at radius 2 is 2.17 bits per heavy atom. The Kier molecular flexibility index (Phi) is 4.69. The highest BCUT2D eigenvalue weighted by atomic mass is 16.3. The zero-order chi connectivity index (χ0) is 17.1. The minimum atomic E-state index is -0.615. The van der Waals surface area contributed by atoms with Crippen LogP contribution in [-0.4, -0.2) is 21.5 Å². The van der Waals surface area contributed by atoms with Gasteiger partial charge in [-0.25, -0.2) is 4.79 Å². The zero-order valence-corrected chi connectivity index (χ0v) is 13.6. The second kappa shape index (κ2) is 6.90. The van der Waals surface area contributed by atoms with Crippen LogP contribution in [0.25, 0.3) is 0 Å². The standard InChI is InChI=1S/C17H21N3O4/c1-11-5-2-3-7-14(11)19-15(21)13-9-18-17(23)20(16(13)22)10-12-6-4-8-24-12/h4,6,8-9,11,14H,2-3,5,7,10H2,1H3,(H,18,23)(H,19,21). The zero-order valence-electron chi connectivity index (χ0n) is 13.6. The van der Waals surface area contributed by atoms with Gasteiger partial charge in [0.25, 0.3) is 11.5 Å². The molecule has 1 fully saturated rings. The normalized spacial score (nSPS) is 20.7. The van der Waals surface area contributed by atoms with Gasteiger partial charge in [0, 0.05) is 12.2 Å². The van der Waals surface area contributed by atoms with Gasteiger partial charge in [0.2, 0.25) is 0 Å². The summed E-state index contributed by atoms with van der Waals surface area (Å²) in [5.41, 5.74) is -1.24. The lowest BCUT2D eigenvalue weighted by Gasteiger charge is -2.29. The molecule has 1 amide bonds. The van der Waals surface area contributed by atoms with E-state index in [2.05, 4.69) is 17.2 Å². The predicted octanol–water partition coefficient (Wildman–Crippen LogP) is 1.49. The highest BCUT2D eigenvalue weighted by Gasteiger charge is 2.25. The van der Waals surface area contributed by atoms with E-state index in [1.165, 1.54) is 18.9 Å². The van der Waals surface area contributed by atoms with Crippen molar-refractivity contribution in [3.05, 3.63) is 56.8 Å². The lowest BCUT2D eigenvalue weighted by molar-refractivity contribution is 0.0907. The van der Waals surface area contributed by atoms with Crippen LogP contribution in [0.2, 0.25) is 0 Å². The number of carbonyl (C=O) groups is 1. The van der Waals surface area contributed by atoms with Gasteiger partial charge >= 0.3 is 5.69 Å². The quantitative estimate of drug-likeness (QED) is 0.887. The van der Waals surface area contributed by atoms with Crippen molar-refractivity contribution in [3.63, 3.8) is 0 Å². The summed E-state index contributed by atoms with van der Waals surface area (Å²) >= 11 is 0. The Bertz CT molecular complexity index is 819. The first kappa shape index (κ1) is 16.3. The van der Waals surface area contributed by atoms with Crippen molar-refractivity contribution >= 4 is 5.91 Å². The fraction of sp³-hybridized carbons (Fsp3) is 0.471. The van der Waals surface area contributed by atoms with Crippen LogP contribution in [-0.2, 0) is 6.54 Å². The number of aromatic amines is 1. The summed E-state index contributed by atoms with van der Waals surface area (Å²) in [6.07, 6.45) is 6.88. The third kappa shape index (κ3) is 3.34. The van der Waals surface area contributed by atoms with Crippen molar-refractivity contribution in [1.82, 2.24) is 14.9 Å². The van der Waals surface area contributed by atoms with Crippen molar-refractivity contribution in [3.8, 4) is 0 Å². The molecular weight excluding hydrogens is 310 g/mol. The van der Waals surface area contributed by atoms with Gasteiger partial charge < -0.3 is 14.7 Å². The SMILES string of the molecule is CC1CCCCC1NC(=O)c1c[nH]c(=O)n(Cc2ccco2)c1=O. The number of carbonyl (C=O) groups excluding carboxylic acids is 1. The average molecular weight is 331 g/mol. The van der Waals surface area contributed by atoms with E-state index >= 15 is 0 Å². The molecule has 0 aliphatic heterocycles. The first-order chi connectivity index (χ1) is 11.6. The molecule has 0 saturated heterocycles. The van der Waals surface area contributed by atoms with E-state index in [1.807, 2.05) is 0 Å². The van der Waals surface area contributed by atoms with Gasteiger partial charge in [0.1, 0.15) is 11.3 Å². The van der Waals surface area contributed by atoms with Gasteiger partial charge in [-0.1, -0.05) is 19.8 Å². The highest BCUT2D eigenvalue weighted by molar-refractivity contribution is 5.93. The van der Waals surface area contributed by atoms with E-state index in [9.17, 15) is 14.4 Å². The van der Waals surface area contributed by atoms with Crippen molar-refractivity contribution in [1.29, 1.82) is 0 Å². The van der Waals surface area contributed by atoms with Gasteiger partial charge in [0.05, 0.1) is 12.8 Å². The number of furan rings is 1. The van der Waals surface area contributed by atoms with Gasteiger partial charge in [0.15, 0.2) is 0 Å². The molecule has 0 bridgehead atoms. The molecule has 2 aromatic rings. The first-order valence-corrected chi connectivity index (χ1v) is 8.22. The van der Waals surface area contributed by atoms with Crippen molar-refractivity contribution < 1.29 is 9.21 Å². The lowest BCUT2D eigenvalue weighted by atomic mass is 9.86. The van der Waals surface area contributed by atoms with Crippen LogP contribution in [0.3, 0.4) is 0 Å². The molecule has 2 heterocycles. The minimum Gasteiger partial charge on any atom is -0.467 e. The van der Waals surface area contributed by atoms with Gasteiger partial charge in [-0.15, -0.1) is 0 Å². The van der Waals surface area contributed by atoms with Crippen LogP contribution in [0.5, 0.6) is 0 Å². The van der Waals surface area contributed by atoms with Crippen LogP contribution >= 0.6 is 0 Å². The molecule has 1 saturated carbocycles. The summed E-state index contributed by atoms with van der Waals surface area (Å²) < 4.78 is 6.14. The third-order valence-corrected chi connectivity index (χ3v) is 4.63. The predicted molar refractivity (Wildman–Crippen MR) is 88.0 cm³/mol. The second-order valence-corrected chi connectivity index (χ2v) is 6.32. The van der Waals surface area contributed by atoms with Crippen LogP contribution in [0.15, 0.2) is 38.6 Å². The molecule has 24 heavy (non-hydrogen) atoms. The summed E-state index contributed by atoms with van der Waals surface area (Å²) in [6.45, 7) is 2.09. The molecule has 1 aliphatic carbocycles. The minimum absolute atomic E-state index is 0.0118. The van der Waals surface area contributed by atoms with Gasteiger partial charge in [-0.3, -0.25) is 14.2 Å². The maximum Gasteiger partial charge on any atom is 0.328 e. The maximum atomic E-state index is 12.5. The third-order valence-electron chi connectivity index (χ3n) is 4.63. The van der Waals surface area contributed by atoms with E-state index in [0.29, 0.717) is 11.7 Å². The number of nitrogens with zero attached hydrogens (tertiary/aromatic N) is 1. The van der Waals surface area contributed by atoms with E-state index in [4.69, 9.17) is 4.42 Å². The fourth-order valence-corrected chi connectivity index (χ4v) is 3.15. The van der Waals surface area contributed by atoms with Crippen molar-refractivity contribution in [2.75, 3.05) is 0 Å². The summed E-state index contributed by atoms with van der Waals surface area (Å²) in [5, 5.41) is 2.93. The van der Waals surface area contributed by atoms with Crippen LogP contribution in [0.4, 0.5) is 0 Å². The monoisotopic (exact) mass is 331 g/mol. The van der Waals surface area contributed by atoms with E-state index in [-0.39, 0.29) is 18.2 Å². The molecule has 2 unspecified atom stereocenters. The maximum absolute atomic E-state index is 12.5. The molecule has 3 rings (SSSR count). The Labute approximate surface area is 138 Å². The number of amides is 1. The molecule has 2 N–H and O–H groups in total. The molecule has 0 radical (unpaired) electrons. The molecule has 0 aromatic carbocycles. The Hall–Kier alpha value is -2.57. The number of hydrogen-bond acceptors (Lipinski definition) is 4. The fourth-order valence-electron chi connectivity index (χ4n) is 3.15. The number of aromatic nitrogens is 2. The Morgan fingerprint density at radius 1 is 1.38 bits per heavy atom. The lowest BCUT2D eigenvalue weighted by Crippen LogP contribution is -2.45. The summed E-state index contributed by atoms with van der Waals surface area (Å²) in [4.78, 5) is 39.4. The van der Waals surface area contributed by atoms with Crippen LogP contribution < -0.4 is 16.6 Å². The summed E-state index contributed by atoms with van der Waals surface area (Å²) in [6, 6.07) is 3.41. The number of H-pyrrole nitrogens is 1. The van der Waals surface area contributed by atoms with Crippen LogP contribution in [0.1, 0.15) is 48.7 Å². The topological polar surface area (TPSA) is 97.1 Å². The number of hydrogen-bond donors (Lipinski definition) is 2. The Balaban J connectivity index is 1.84. The van der Waals surface area contributed by atoms with Gasteiger partial charge in [-0.2, -0.15) is 0 Å². The molecule has 7 nitrogen and oxygen atoms in total. The van der Waals surface area contributed by atoms with E-state index in [0.717, 1.165) is 23.8 Å². The van der Waals surface area contributed by atoms with Gasteiger partial charge in [-0.05, 0) is 30.9 Å². The smallest absolute Gasteiger partial charge is 0.328 e. The molecule has 2 aromatic heterocycles. The molecule has 7 heteroatoms. The highest BCUT2D eigenvalue weighted by Crippen LogP contribution is 2.23. The largest absolute Gasteiger partial charge is 0.467 e. The van der Waals surface area contributed by atoms with Crippen molar-refractivity contribution in [2.45, 2.75) is 45.2 Å². The summed E-state index contributed by atoms with van der Waals surface area (Å²) in [5.74, 6) is 0.417. The Morgan fingerprint density at radius 3 is 2.88 bits per heavy atom. The molecule has 1 aliphatic rings. The van der Waals surface area contributed by atoms with E-state index < -0.39 is 17.2 Å². The van der Waals surface area contributed by atoms with E-state index in [1.54, 1.807) is 12.1 Å². The first-order valence-electron chi connectivity index (χ1n) is 8.22. The number of nitrogens with one attached hydrogen (secondary N) is 2. The molecule has 0 spiro atoms. The van der Waals surface area contributed by atoms with Crippen molar-refractivity contribution in [2.24, 2.45) is 5.92 Å².